The highest BCUT2D eigenvalue weighted by molar-refractivity contribution is 6.33. The number of urea groups is 1. The summed E-state index contributed by atoms with van der Waals surface area (Å²) in [6.45, 7) is 2.34. The number of aryl methyl sites for hydroxylation is 1. The van der Waals surface area contributed by atoms with Crippen molar-refractivity contribution in [2.75, 3.05) is 11.9 Å². The maximum atomic E-state index is 12.1. The van der Waals surface area contributed by atoms with Gasteiger partial charge >= 0.3 is 12.0 Å². The van der Waals surface area contributed by atoms with Crippen LogP contribution in [0.2, 0.25) is 5.02 Å². The third kappa shape index (κ3) is 2.98. The number of benzene rings is 1. The summed E-state index contributed by atoms with van der Waals surface area (Å²) in [4.78, 5) is 24.5. The van der Waals surface area contributed by atoms with Crippen LogP contribution >= 0.6 is 11.6 Å². The zero-order chi connectivity index (χ0) is 14.0. The molecule has 2 amide bonds. The van der Waals surface area contributed by atoms with Crippen molar-refractivity contribution in [2.24, 2.45) is 0 Å². The number of carboxylic acids is 1. The molecule has 0 bridgehead atoms. The molecule has 1 atom stereocenters. The van der Waals surface area contributed by atoms with Gasteiger partial charge in [-0.3, -0.25) is 0 Å². The number of nitrogens with one attached hydrogen (secondary N) is 1. The predicted molar refractivity (Wildman–Crippen MR) is 72.6 cm³/mol. The van der Waals surface area contributed by atoms with Crippen LogP contribution in [0, 0.1) is 6.92 Å². The van der Waals surface area contributed by atoms with E-state index in [0.717, 1.165) is 5.56 Å². The number of halogens is 1. The minimum atomic E-state index is -0.969. The van der Waals surface area contributed by atoms with Gasteiger partial charge in [0.15, 0.2) is 0 Å². The van der Waals surface area contributed by atoms with E-state index < -0.39 is 18.0 Å². The Bertz CT molecular complexity index is 519. The van der Waals surface area contributed by atoms with E-state index in [2.05, 4.69) is 5.32 Å². The molecule has 2 rings (SSSR count). The van der Waals surface area contributed by atoms with E-state index in [-0.39, 0.29) is 0 Å². The first-order valence-corrected chi connectivity index (χ1v) is 6.43. The Labute approximate surface area is 116 Å². The molecule has 2 N–H and O–H groups in total. The van der Waals surface area contributed by atoms with Crippen LogP contribution in [0.25, 0.3) is 0 Å². The molecule has 1 saturated heterocycles. The number of amides is 2. The molecule has 6 heteroatoms. The van der Waals surface area contributed by atoms with Crippen molar-refractivity contribution in [3.63, 3.8) is 0 Å². The summed E-state index contributed by atoms with van der Waals surface area (Å²) >= 11 is 6.00. The molecule has 102 valence electrons. The monoisotopic (exact) mass is 282 g/mol. The molecule has 1 heterocycles. The topological polar surface area (TPSA) is 69.6 Å². The van der Waals surface area contributed by atoms with E-state index in [9.17, 15) is 9.59 Å². The lowest BCUT2D eigenvalue weighted by Gasteiger charge is -2.22. The fourth-order valence-electron chi connectivity index (χ4n) is 2.19. The molecule has 0 unspecified atom stereocenters. The largest absolute Gasteiger partial charge is 0.480 e. The van der Waals surface area contributed by atoms with Crippen molar-refractivity contribution in [3.8, 4) is 0 Å². The predicted octanol–water partition coefficient (Wildman–Crippen LogP) is 2.73. The van der Waals surface area contributed by atoms with Crippen molar-refractivity contribution in [1.82, 2.24) is 4.90 Å². The Hall–Kier alpha value is -1.75. The van der Waals surface area contributed by atoms with Gasteiger partial charge in [-0.2, -0.15) is 0 Å². The first kappa shape index (κ1) is 13.7. The smallest absolute Gasteiger partial charge is 0.326 e. The molecule has 0 aliphatic carbocycles. The van der Waals surface area contributed by atoms with Crippen molar-refractivity contribution in [1.29, 1.82) is 0 Å². The van der Waals surface area contributed by atoms with Crippen LogP contribution in [0.5, 0.6) is 0 Å². The Balaban J connectivity index is 2.12. The van der Waals surface area contributed by atoms with Gasteiger partial charge in [0.05, 0.1) is 10.7 Å². The van der Waals surface area contributed by atoms with Crippen LogP contribution in [0.1, 0.15) is 18.4 Å². The van der Waals surface area contributed by atoms with Gasteiger partial charge in [0, 0.05) is 6.54 Å². The fourth-order valence-corrected chi connectivity index (χ4v) is 2.35. The molecule has 1 aromatic rings. The summed E-state index contributed by atoms with van der Waals surface area (Å²) in [7, 11) is 0. The third-order valence-corrected chi connectivity index (χ3v) is 3.49. The van der Waals surface area contributed by atoms with Gasteiger partial charge in [-0.15, -0.1) is 0 Å². The van der Waals surface area contributed by atoms with Gasteiger partial charge in [-0.25, -0.2) is 9.59 Å². The molecule has 0 radical (unpaired) electrons. The molecule has 0 aromatic heterocycles. The SMILES string of the molecule is Cc1ccc(Cl)c(NC(=O)N2CCC[C@H]2C(=O)O)c1. The van der Waals surface area contributed by atoms with Gasteiger partial charge in [-0.05, 0) is 37.5 Å². The number of likely N-dealkylation sites (tertiary alicyclic amines) is 1. The lowest BCUT2D eigenvalue weighted by atomic mass is 10.2. The first-order valence-electron chi connectivity index (χ1n) is 6.05. The number of hydrogen-bond acceptors (Lipinski definition) is 2. The first-order chi connectivity index (χ1) is 8.99. The minimum absolute atomic E-state index is 0.419. The summed E-state index contributed by atoms with van der Waals surface area (Å²) in [5, 5.41) is 12.2. The molecular weight excluding hydrogens is 268 g/mol. The van der Waals surface area contributed by atoms with E-state index in [1.807, 2.05) is 13.0 Å². The van der Waals surface area contributed by atoms with E-state index >= 15 is 0 Å². The van der Waals surface area contributed by atoms with Gasteiger partial charge in [-0.1, -0.05) is 17.7 Å². The molecule has 0 saturated carbocycles. The summed E-state index contributed by atoms with van der Waals surface area (Å²) in [5.41, 5.74) is 1.47. The number of nitrogens with zero attached hydrogens (tertiary/aromatic N) is 1. The number of carboxylic acid groups (broad SMARTS) is 1. The Morgan fingerprint density at radius 3 is 2.89 bits per heavy atom. The highest BCUT2D eigenvalue weighted by Crippen LogP contribution is 2.25. The summed E-state index contributed by atoms with van der Waals surface area (Å²) in [6.07, 6.45) is 1.19. The van der Waals surface area contributed by atoms with Gasteiger partial charge < -0.3 is 15.3 Å². The molecule has 0 spiro atoms. The van der Waals surface area contributed by atoms with Crippen LogP contribution in [0.4, 0.5) is 10.5 Å². The average molecular weight is 283 g/mol. The zero-order valence-corrected chi connectivity index (χ0v) is 11.3. The number of carbonyl (C=O) groups excluding carboxylic acids is 1. The second kappa shape index (κ2) is 5.48. The molecule has 1 aromatic carbocycles. The maximum absolute atomic E-state index is 12.1. The average Bonchev–Trinajstić information content (AvgIpc) is 2.83. The fraction of sp³-hybridized carbons (Fsp3) is 0.385. The normalized spacial score (nSPS) is 18.4. The summed E-state index contributed by atoms with van der Waals surface area (Å²) in [5.74, 6) is -0.969. The maximum Gasteiger partial charge on any atom is 0.326 e. The van der Waals surface area contributed by atoms with Crippen LogP contribution in [-0.2, 0) is 4.79 Å². The van der Waals surface area contributed by atoms with Crippen LogP contribution in [-0.4, -0.2) is 34.6 Å². The number of rotatable bonds is 2. The lowest BCUT2D eigenvalue weighted by Crippen LogP contribution is -2.42. The quantitative estimate of drug-likeness (QED) is 0.876. The van der Waals surface area contributed by atoms with E-state index in [4.69, 9.17) is 16.7 Å². The van der Waals surface area contributed by atoms with Crippen LogP contribution in [0.3, 0.4) is 0 Å². The molecule has 1 aliphatic heterocycles. The molecular formula is C13H15ClN2O3. The van der Waals surface area contributed by atoms with E-state index in [0.29, 0.717) is 30.1 Å². The number of carbonyl (C=O) groups is 2. The summed E-state index contributed by atoms with van der Waals surface area (Å²) in [6, 6.07) is 4.13. The van der Waals surface area contributed by atoms with E-state index in [1.54, 1.807) is 12.1 Å². The standard InChI is InChI=1S/C13H15ClN2O3/c1-8-4-5-9(14)10(7-8)15-13(19)16-6-2-3-11(16)12(17)18/h4-5,7,11H,2-3,6H2,1H3,(H,15,19)(H,17,18)/t11-/m0/s1. The zero-order valence-electron chi connectivity index (χ0n) is 10.5. The van der Waals surface area contributed by atoms with Gasteiger partial charge in [0.25, 0.3) is 0 Å². The third-order valence-electron chi connectivity index (χ3n) is 3.16. The number of aliphatic carboxylic acids is 1. The Morgan fingerprint density at radius 2 is 2.21 bits per heavy atom. The second-order valence-electron chi connectivity index (χ2n) is 4.60. The minimum Gasteiger partial charge on any atom is -0.480 e. The Morgan fingerprint density at radius 1 is 1.47 bits per heavy atom. The van der Waals surface area contributed by atoms with Gasteiger partial charge in [0.2, 0.25) is 0 Å². The molecule has 5 nitrogen and oxygen atoms in total. The highest BCUT2D eigenvalue weighted by Gasteiger charge is 2.34. The second-order valence-corrected chi connectivity index (χ2v) is 5.01. The van der Waals surface area contributed by atoms with Crippen molar-refractivity contribution < 1.29 is 14.7 Å². The highest BCUT2D eigenvalue weighted by atomic mass is 35.5. The van der Waals surface area contributed by atoms with Gasteiger partial charge in [0.1, 0.15) is 6.04 Å². The molecule has 1 fully saturated rings. The molecule has 1 aliphatic rings. The van der Waals surface area contributed by atoms with Crippen LogP contribution in [0.15, 0.2) is 18.2 Å². The summed E-state index contributed by atoms with van der Waals surface area (Å²) < 4.78 is 0. The molecule has 19 heavy (non-hydrogen) atoms. The van der Waals surface area contributed by atoms with E-state index in [1.165, 1.54) is 4.90 Å². The van der Waals surface area contributed by atoms with Crippen LogP contribution < -0.4 is 5.32 Å². The van der Waals surface area contributed by atoms with Crippen molar-refractivity contribution in [3.05, 3.63) is 28.8 Å². The Kier molecular flexibility index (Phi) is 3.95. The van der Waals surface area contributed by atoms with Crippen molar-refractivity contribution >= 4 is 29.3 Å². The number of anilines is 1. The van der Waals surface area contributed by atoms with Crippen molar-refractivity contribution in [2.45, 2.75) is 25.8 Å². The lowest BCUT2D eigenvalue weighted by molar-refractivity contribution is -0.141. The number of hydrogen-bond donors (Lipinski definition) is 2.